The van der Waals surface area contributed by atoms with Gasteiger partial charge in [-0.05, 0) is 39.7 Å². The second-order valence-corrected chi connectivity index (χ2v) is 8.74. The van der Waals surface area contributed by atoms with Crippen LogP contribution in [-0.2, 0) is 4.74 Å². The summed E-state index contributed by atoms with van der Waals surface area (Å²) < 4.78 is 5.42. The van der Waals surface area contributed by atoms with E-state index in [1.807, 2.05) is 20.8 Å². The number of piperidine rings is 1. The largest absolute Gasteiger partial charge is 0.444 e. The first-order chi connectivity index (χ1) is 12.7. The zero-order valence-electron chi connectivity index (χ0n) is 15.5. The monoisotopic (exact) mass is 390 g/mol. The highest BCUT2D eigenvalue weighted by Crippen LogP contribution is 2.30. The Balaban J connectivity index is 1.59. The minimum absolute atomic E-state index is 0.00622. The van der Waals surface area contributed by atoms with E-state index < -0.39 is 10.5 Å². The predicted molar refractivity (Wildman–Crippen MR) is 103 cm³/mol. The van der Waals surface area contributed by atoms with Crippen molar-refractivity contribution in [2.45, 2.75) is 49.5 Å². The molecule has 8 nitrogen and oxygen atoms in total. The summed E-state index contributed by atoms with van der Waals surface area (Å²) in [7, 11) is 0. The number of carbonyl (C=O) groups is 1. The molecule has 0 atom stereocenters. The van der Waals surface area contributed by atoms with Gasteiger partial charge in [-0.15, -0.1) is 11.8 Å². The number of carbonyl (C=O) groups excluding carboxylic acids is 1. The Labute approximate surface area is 161 Å². The normalized spacial score (nSPS) is 15.7. The zero-order valence-corrected chi connectivity index (χ0v) is 16.4. The number of amides is 1. The van der Waals surface area contributed by atoms with E-state index in [1.165, 1.54) is 12.1 Å². The smallest absolute Gasteiger partial charge is 0.410 e. The lowest BCUT2D eigenvalue weighted by Crippen LogP contribution is -2.42. The van der Waals surface area contributed by atoms with E-state index in [-0.39, 0.29) is 11.8 Å². The van der Waals surface area contributed by atoms with Crippen molar-refractivity contribution in [2.24, 2.45) is 0 Å². The third kappa shape index (κ3) is 5.06. The molecule has 0 bridgehead atoms. The fourth-order valence-electron chi connectivity index (χ4n) is 2.81. The standard InChI is InChI=1S/C18H22N4O4S/c1-18(2,3)26-17(23)21-8-6-13(7-9-21)27-16-11-19-15-10-12(22(24)25)4-5-14(15)20-16/h4-5,10-11,13H,6-9H2,1-3H3. The number of rotatable bonds is 3. The van der Waals surface area contributed by atoms with Crippen molar-refractivity contribution >= 4 is 34.6 Å². The first-order valence-corrected chi connectivity index (χ1v) is 9.65. The summed E-state index contributed by atoms with van der Waals surface area (Å²) >= 11 is 1.63. The van der Waals surface area contributed by atoms with Crippen LogP contribution in [0.3, 0.4) is 0 Å². The molecule has 1 aliphatic rings. The number of ether oxygens (including phenoxy) is 1. The molecule has 9 heteroatoms. The Hall–Kier alpha value is -2.42. The minimum atomic E-state index is -0.488. The summed E-state index contributed by atoms with van der Waals surface area (Å²) in [5, 5.41) is 12.0. The fraction of sp³-hybridized carbons (Fsp3) is 0.500. The average Bonchev–Trinajstić information content (AvgIpc) is 2.60. The molecular weight excluding hydrogens is 368 g/mol. The van der Waals surface area contributed by atoms with E-state index >= 15 is 0 Å². The number of hydrogen-bond donors (Lipinski definition) is 0. The zero-order chi connectivity index (χ0) is 19.6. The molecule has 1 aromatic carbocycles. The maximum Gasteiger partial charge on any atom is 0.410 e. The molecule has 1 fully saturated rings. The van der Waals surface area contributed by atoms with Crippen molar-refractivity contribution in [2.75, 3.05) is 13.1 Å². The number of thioether (sulfide) groups is 1. The Morgan fingerprint density at radius 3 is 2.63 bits per heavy atom. The van der Waals surface area contributed by atoms with Gasteiger partial charge in [0.25, 0.3) is 5.69 Å². The lowest BCUT2D eigenvalue weighted by atomic mass is 10.1. The number of likely N-dealkylation sites (tertiary alicyclic amines) is 1. The van der Waals surface area contributed by atoms with Crippen LogP contribution in [0.1, 0.15) is 33.6 Å². The number of non-ortho nitro benzene ring substituents is 1. The summed E-state index contributed by atoms with van der Waals surface area (Å²) in [5.74, 6) is 0. The molecule has 1 amide bonds. The van der Waals surface area contributed by atoms with Crippen molar-refractivity contribution in [3.63, 3.8) is 0 Å². The summed E-state index contributed by atoms with van der Waals surface area (Å²) in [4.78, 5) is 33.1. The van der Waals surface area contributed by atoms with Crippen molar-refractivity contribution in [3.8, 4) is 0 Å². The number of aromatic nitrogens is 2. The van der Waals surface area contributed by atoms with E-state index in [4.69, 9.17) is 4.74 Å². The van der Waals surface area contributed by atoms with Gasteiger partial charge in [0, 0.05) is 30.5 Å². The number of nitro groups is 1. The molecule has 144 valence electrons. The van der Waals surface area contributed by atoms with Gasteiger partial charge in [0.15, 0.2) is 0 Å². The molecule has 0 aliphatic carbocycles. The van der Waals surface area contributed by atoms with Gasteiger partial charge in [-0.3, -0.25) is 15.1 Å². The Kier molecular flexibility index (Phi) is 5.50. The summed E-state index contributed by atoms with van der Waals surface area (Å²) in [6.45, 7) is 6.89. The van der Waals surface area contributed by atoms with E-state index in [0.717, 1.165) is 17.9 Å². The third-order valence-corrected chi connectivity index (χ3v) is 5.34. The van der Waals surface area contributed by atoms with Crippen LogP contribution in [0.25, 0.3) is 11.0 Å². The van der Waals surface area contributed by atoms with Gasteiger partial charge in [-0.1, -0.05) is 0 Å². The van der Waals surface area contributed by atoms with Crippen LogP contribution in [0.2, 0.25) is 0 Å². The first kappa shape index (κ1) is 19.3. The van der Waals surface area contributed by atoms with Crippen LogP contribution >= 0.6 is 11.8 Å². The Bertz CT molecular complexity index is 860. The number of hydrogen-bond acceptors (Lipinski definition) is 7. The molecule has 27 heavy (non-hydrogen) atoms. The van der Waals surface area contributed by atoms with Crippen LogP contribution < -0.4 is 0 Å². The summed E-state index contributed by atoms with van der Waals surface area (Å²) in [5.41, 5.74) is 0.662. The minimum Gasteiger partial charge on any atom is -0.444 e. The van der Waals surface area contributed by atoms with E-state index in [1.54, 1.807) is 28.9 Å². The maximum atomic E-state index is 12.1. The third-order valence-electron chi connectivity index (χ3n) is 4.10. The van der Waals surface area contributed by atoms with Crippen molar-refractivity contribution in [1.82, 2.24) is 14.9 Å². The van der Waals surface area contributed by atoms with Crippen LogP contribution in [0.5, 0.6) is 0 Å². The topological polar surface area (TPSA) is 98.5 Å². The molecule has 3 rings (SSSR count). The summed E-state index contributed by atoms with van der Waals surface area (Å²) in [6, 6.07) is 4.48. The number of nitrogens with zero attached hydrogens (tertiary/aromatic N) is 4. The van der Waals surface area contributed by atoms with Gasteiger partial charge >= 0.3 is 6.09 Å². The first-order valence-electron chi connectivity index (χ1n) is 8.77. The van der Waals surface area contributed by atoms with Gasteiger partial charge in [0.2, 0.25) is 0 Å². The van der Waals surface area contributed by atoms with Crippen molar-refractivity contribution in [1.29, 1.82) is 0 Å². The molecule has 0 N–H and O–H groups in total. The van der Waals surface area contributed by atoms with Crippen molar-refractivity contribution < 1.29 is 14.5 Å². The van der Waals surface area contributed by atoms with Gasteiger partial charge in [0.1, 0.15) is 10.6 Å². The van der Waals surface area contributed by atoms with Crippen LogP contribution in [-0.4, -0.2) is 49.8 Å². The fourth-order valence-corrected chi connectivity index (χ4v) is 3.86. The highest BCUT2D eigenvalue weighted by Gasteiger charge is 2.27. The molecule has 1 aliphatic heterocycles. The van der Waals surface area contributed by atoms with Crippen LogP contribution in [0.4, 0.5) is 10.5 Å². The Morgan fingerprint density at radius 2 is 2.00 bits per heavy atom. The number of benzene rings is 1. The number of nitro benzene ring substituents is 1. The van der Waals surface area contributed by atoms with E-state index in [0.29, 0.717) is 29.4 Å². The lowest BCUT2D eigenvalue weighted by Gasteiger charge is -2.33. The lowest BCUT2D eigenvalue weighted by molar-refractivity contribution is -0.384. The molecular formula is C18H22N4O4S. The van der Waals surface area contributed by atoms with Gasteiger partial charge in [-0.2, -0.15) is 0 Å². The molecule has 0 unspecified atom stereocenters. The second-order valence-electron chi connectivity index (χ2n) is 7.42. The van der Waals surface area contributed by atoms with Crippen molar-refractivity contribution in [3.05, 3.63) is 34.5 Å². The van der Waals surface area contributed by atoms with Gasteiger partial charge in [-0.25, -0.2) is 9.78 Å². The molecule has 2 heterocycles. The maximum absolute atomic E-state index is 12.1. The molecule has 2 aromatic rings. The molecule has 0 spiro atoms. The molecule has 0 saturated carbocycles. The SMILES string of the molecule is CC(C)(C)OC(=O)N1CCC(Sc2cnc3cc([N+](=O)[O-])ccc3n2)CC1. The quantitative estimate of drug-likeness (QED) is 0.576. The highest BCUT2D eigenvalue weighted by molar-refractivity contribution is 7.99. The molecule has 0 radical (unpaired) electrons. The summed E-state index contributed by atoms with van der Waals surface area (Å²) in [6.07, 6.45) is 3.09. The van der Waals surface area contributed by atoms with E-state index in [9.17, 15) is 14.9 Å². The van der Waals surface area contributed by atoms with Gasteiger partial charge < -0.3 is 9.64 Å². The molecule has 1 saturated heterocycles. The van der Waals surface area contributed by atoms with Crippen LogP contribution in [0, 0.1) is 10.1 Å². The van der Waals surface area contributed by atoms with Gasteiger partial charge in [0.05, 0.1) is 22.2 Å². The molecule has 1 aromatic heterocycles. The predicted octanol–water partition coefficient (Wildman–Crippen LogP) is 4.03. The average molecular weight is 390 g/mol. The Morgan fingerprint density at radius 1 is 1.30 bits per heavy atom. The number of fused-ring (bicyclic) bond motifs is 1. The van der Waals surface area contributed by atoms with E-state index in [2.05, 4.69) is 9.97 Å². The second kappa shape index (κ2) is 7.67. The van der Waals surface area contributed by atoms with Crippen LogP contribution in [0.15, 0.2) is 29.4 Å². The highest BCUT2D eigenvalue weighted by atomic mass is 32.2.